The van der Waals surface area contributed by atoms with Gasteiger partial charge in [-0.05, 0) is 50.1 Å². The van der Waals surface area contributed by atoms with Crippen LogP contribution in [0.1, 0.15) is 33.3 Å². The molecule has 25 heavy (non-hydrogen) atoms. The second-order valence-corrected chi connectivity index (χ2v) is 6.94. The molecule has 0 bridgehead atoms. The fourth-order valence-corrected chi connectivity index (χ4v) is 3.78. The summed E-state index contributed by atoms with van der Waals surface area (Å²) in [5, 5.41) is 3.28. The van der Waals surface area contributed by atoms with Crippen LogP contribution in [-0.2, 0) is 20.8 Å². The number of ether oxygens (including phenoxy) is 2. The SMILES string of the molecule is CCOC(OCC)C(C)N(Cc1csc2ccccc12)C(=O)C(C)N. The average Bonchev–Trinajstić information content (AvgIpc) is 3.01. The molecule has 2 N–H and O–H groups in total. The van der Waals surface area contributed by atoms with Crippen LogP contribution in [0.3, 0.4) is 0 Å². The number of carbonyl (C=O) groups excluding carboxylic acids is 1. The number of benzene rings is 1. The van der Waals surface area contributed by atoms with E-state index in [-0.39, 0.29) is 11.9 Å². The molecule has 1 aromatic heterocycles. The first-order valence-corrected chi connectivity index (χ1v) is 9.61. The molecule has 138 valence electrons. The summed E-state index contributed by atoms with van der Waals surface area (Å²) in [6.45, 7) is 9.04. The monoisotopic (exact) mass is 364 g/mol. The smallest absolute Gasteiger partial charge is 0.239 e. The van der Waals surface area contributed by atoms with Crippen molar-refractivity contribution in [3.63, 3.8) is 0 Å². The van der Waals surface area contributed by atoms with Crippen LogP contribution in [0.25, 0.3) is 10.1 Å². The van der Waals surface area contributed by atoms with Crippen molar-refractivity contribution in [1.82, 2.24) is 4.90 Å². The summed E-state index contributed by atoms with van der Waals surface area (Å²) in [4.78, 5) is 14.5. The molecular formula is C19H28N2O3S. The van der Waals surface area contributed by atoms with E-state index in [4.69, 9.17) is 15.2 Å². The highest BCUT2D eigenvalue weighted by Gasteiger charge is 2.30. The Bertz CT molecular complexity index is 680. The summed E-state index contributed by atoms with van der Waals surface area (Å²) >= 11 is 1.68. The molecule has 1 aromatic carbocycles. The molecule has 2 atom stereocenters. The van der Waals surface area contributed by atoms with Crippen molar-refractivity contribution in [2.75, 3.05) is 13.2 Å². The third-order valence-corrected chi connectivity index (χ3v) is 5.13. The Labute approximate surface area is 153 Å². The van der Waals surface area contributed by atoms with Gasteiger partial charge in [0.2, 0.25) is 5.91 Å². The Kier molecular flexibility index (Phi) is 7.38. The molecule has 0 aliphatic carbocycles. The van der Waals surface area contributed by atoms with Gasteiger partial charge in [0.05, 0.1) is 12.1 Å². The summed E-state index contributed by atoms with van der Waals surface area (Å²) in [7, 11) is 0. The molecule has 0 radical (unpaired) electrons. The molecule has 2 unspecified atom stereocenters. The van der Waals surface area contributed by atoms with E-state index in [1.807, 2.05) is 32.9 Å². The number of rotatable bonds is 9. The molecule has 5 nitrogen and oxygen atoms in total. The zero-order valence-corrected chi connectivity index (χ0v) is 16.2. The van der Waals surface area contributed by atoms with E-state index in [2.05, 4.69) is 17.5 Å². The summed E-state index contributed by atoms with van der Waals surface area (Å²) in [5.41, 5.74) is 7.01. The number of hydrogen-bond acceptors (Lipinski definition) is 5. The number of carbonyl (C=O) groups is 1. The predicted molar refractivity (Wildman–Crippen MR) is 103 cm³/mol. The molecule has 2 rings (SSSR count). The minimum atomic E-state index is -0.573. The molecule has 0 aliphatic heterocycles. The summed E-state index contributed by atoms with van der Waals surface area (Å²) in [6.07, 6.45) is -0.470. The third kappa shape index (κ3) is 4.79. The van der Waals surface area contributed by atoms with Gasteiger partial charge in [0.1, 0.15) is 0 Å². The Morgan fingerprint density at radius 2 is 1.84 bits per heavy atom. The molecule has 0 saturated carbocycles. The van der Waals surface area contributed by atoms with Gasteiger partial charge in [-0.2, -0.15) is 0 Å². The van der Waals surface area contributed by atoms with Crippen LogP contribution in [0.5, 0.6) is 0 Å². The van der Waals surface area contributed by atoms with Gasteiger partial charge in [-0.25, -0.2) is 0 Å². The predicted octanol–water partition coefficient (Wildman–Crippen LogP) is 3.36. The first kappa shape index (κ1) is 19.8. The first-order valence-electron chi connectivity index (χ1n) is 8.73. The largest absolute Gasteiger partial charge is 0.351 e. The Morgan fingerprint density at radius 1 is 1.20 bits per heavy atom. The van der Waals surface area contributed by atoms with Gasteiger partial charge in [0, 0.05) is 24.5 Å². The molecule has 0 aliphatic rings. The van der Waals surface area contributed by atoms with Crippen molar-refractivity contribution in [2.24, 2.45) is 5.73 Å². The van der Waals surface area contributed by atoms with Crippen LogP contribution < -0.4 is 5.73 Å². The maximum Gasteiger partial charge on any atom is 0.239 e. The molecule has 1 amide bonds. The summed E-state index contributed by atoms with van der Waals surface area (Å²) in [6, 6.07) is 7.41. The van der Waals surface area contributed by atoms with Gasteiger partial charge in [0.15, 0.2) is 6.29 Å². The molecule has 0 spiro atoms. The van der Waals surface area contributed by atoms with Crippen molar-refractivity contribution in [1.29, 1.82) is 0 Å². The molecule has 1 heterocycles. The number of hydrogen-bond donors (Lipinski definition) is 1. The quantitative estimate of drug-likeness (QED) is 0.693. The number of nitrogens with zero attached hydrogens (tertiary/aromatic N) is 1. The van der Waals surface area contributed by atoms with Crippen LogP contribution in [0.15, 0.2) is 29.6 Å². The zero-order valence-electron chi connectivity index (χ0n) is 15.4. The first-order chi connectivity index (χ1) is 12.0. The number of amides is 1. The lowest BCUT2D eigenvalue weighted by atomic mass is 10.1. The fraction of sp³-hybridized carbons (Fsp3) is 0.526. The topological polar surface area (TPSA) is 64.8 Å². The Morgan fingerprint density at radius 3 is 2.44 bits per heavy atom. The molecule has 2 aromatic rings. The maximum atomic E-state index is 12.8. The number of nitrogens with two attached hydrogens (primary N) is 1. The standard InChI is InChI=1S/C19H28N2O3S/c1-5-23-19(24-6-2)14(4)21(18(22)13(3)20)11-15-12-25-17-10-8-7-9-16(15)17/h7-10,12-14,19H,5-6,11,20H2,1-4H3. The van der Waals surface area contributed by atoms with Crippen LogP contribution in [0.2, 0.25) is 0 Å². The van der Waals surface area contributed by atoms with Gasteiger partial charge in [-0.15, -0.1) is 11.3 Å². The molecular weight excluding hydrogens is 336 g/mol. The van der Waals surface area contributed by atoms with E-state index >= 15 is 0 Å². The van der Waals surface area contributed by atoms with Crippen molar-refractivity contribution >= 4 is 27.3 Å². The van der Waals surface area contributed by atoms with Gasteiger partial charge < -0.3 is 20.1 Å². The lowest BCUT2D eigenvalue weighted by Crippen LogP contribution is -2.51. The van der Waals surface area contributed by atoms with Crippen molar-refractivity contribution < 1.29 is 14.3 Å². The minimum Gasteiger partial charge on any atom is -0.351 e. The highest BCUT2D eigenvalue weighted by molar-refractivity contribution is 7.17. The minimum absolute atomic E-state index is 0.104. The zero-order chi connectivity index (χ0) is 18.4. The molecule has 0 fully saturated rings. The van der Waals surface area contributed by atoms with E-state index in [0.717, 1.165) is 5.56 Å². The van der Waals surface area contributed by atoms with E-state index in [0.29, 0.717) is 19.8 Å². The lowest BCUT2D eigenvalue weighted by molar-refractivity contribution is -0.179. The number of thiophene rings is 1. The van der Waals surface area contributed by atoms with Crippen molar-refractivity contribution in [3.8, 4) is 0 Å². The highest BCUT2D eigenvalue weighted by Crippen LogP contribution is 2.28. The van der Waals surface area contributed by atoms with Gasteiger partial charge in [0.25, 0.3) is 0 Å². The van der Waals surface area contributed by atoms with Crippen LogP contribution in [0, 0.1) is 0 Å². The van der Waals surface area contributed by atoms with Crippen molar-refractivity contribution in [3.05, 3.63) is 35.2 Å². The van der Waals surface area contributed by atoms with E-state index in [1.54, 1.807) is 23.2 Å². The van der Waals surface area contributed by atoms with Crippen LogP contribution in [0.4, 0.5) is 0 Å². The Balaban J connectivity index is 2.30. The van der Waals surface area contributed by atoms with Crippen LogP contribution in [-0.4, -0.2) is 42.4 Å². The fourth-order valence-electron chi connectivity index (χ4n) is 2.83. The maximum absolute atomic E-state index is 12.8. The second-order valence-electron chi connectivity index (χ2n) is 6.03. The summed E-state index contributed by atoms with van der Waals surface area (Å²) < 4.78 is 12.6. The van der Waals surface area contributed by atoms with Gasteiger partial charge in [-0.1, -0.05) is 18.2 Å². The van der Waals surface area contributed by atoms with E-state index in [1.165, 1.54) is 10.1 Å². The van der Waals surface area contributed by atoms with Gasteiger partial charge in [-0.3, -0.25) is 4.79 Å². The lowest BCUT2D eigenvalue weighted by Gasteiger charge is -2.35. The van der Waals surface area contributed by atoms with Crippen molar-refractivity contribution in [2.45, 2.75) is 52.6 Å². The van der Waals surface area contributed by atoms with E-state index < -0.39 is 12.3 Å². The summed E-state index contributed by atoms with van der Waals surface area (Å²) in [5.74, 6) is -0.104. The Hall–Kier alpha value is -1.47. The van der Waals surface area contributed by atoms with Gasteiger partial charge >= 0.3 is 0 Å². The molecule has 0 saturated heterocycles. The molecule has 6 heteroatoms. The second kappa shape index (κ2) is 9.29. The van der Waals surface area contributed by atoms with E-state index in [9.17, 15) is 4.79 Å². The number of fused-ring (bicyclic) bond motifs is 1. The van der Waals surface area contributed by atoms with Crippen LogP contribution >= 0.6 is 11.3 Å². The highest BCUT2D eigenvalue weighted by atomic mass is 32.1. The normalized spacial score (nSPS) is 14.0. The third-order valence-electron chi connectivity index (χ3n) is 4.12. The average molecular weight is 365 g/mol.